The van der Waals surface area contributed by atoms with Gasteiger partial charge in [-0.25, -0.2) is 12.7 Å². The van der Waals surface area contributed by atoms with Crippen LogP contribution in [0.2, 0.25) is 0 Å². The molecule has 0 aromatic carbocycles. The molecule has 108 valence electrons. The molecule has 0 saturated carbocycles. The van der Waals surface area contributed by atoms with Crippen molar-refractivity contribution in [3.8, 4) is 0 Å². The molecule has 6 nitrogen and oxygen atoms in total. The minimum Gasteiger partial charge on any atom is -0.318 e. The molecule has 0 aliphatic rings. The van der Waals surface area contributed by atoms with Crippen LogP contribution in [0.4, 0.5) is 0 Å². The van der Waals surface area contributed by atoms with Gasteiger partial charge < -0.3 is 5.32 Å². The number of nitrogens with zero attached hydrogens (tertiary/aromatic N) is 3. The van der Waals surface area contributed by atoms with Gasteiger partial charge in [-0.05, 0) is 19.9 Å². The highest BCUT2D eigenvalue weighted by Crippen LogP contribution is 2.13. The fraction of sp³-hybridized carbons (Fsp3) is 0.583. The van der Waals surface area contributed by atoms with Gasteiger partial charge in [-0.15, -0.1) is 6.58 Å². The first-order chi connectivity index (χ1) is 9.02. The Morgan fingerprint density at radius 1 is 1.58 bits per heavy atom. The van der Waals surface area contributed by atoms with Gasteiger partial charge in [0, 0.05) is 26.3 Å². The highest BCUT2D eigenvalue weighted by Gasteiger charge is 2.21. The lowest BCUT2D eigenvalue weighted by Gasteiger charge is -2.15. The van der Waals surface area contributed by atoms with Gasteiger partial charge in [0.2, 0.25) is 10.0 Å². The molecule has 0 aliphatic heterocycles. The van der Waals surface area contributed by atoms with E-state index in [1.54, 1.807) is 24.0 Å². The number of hydrogen-bond donors (Lipinski definition) is 1. The Balaban J connectivity index is 2.70. The van der Waals surface area contributed by atoms with E-state index in [4.69, 9.17) is 0 Å². The van der Waals surface area contributed by atoms with Crippen LogP contribution in [0.25, 0.3) is 0 Å². The number of likely N-dealkylation sites (N-methyl/N-ethyl adjacent to an activating group) is 1. The first-order valence-corrected chi connectivity index (χ1v) is 7.70. The van der Waals surface area contributed by atoms with Gasteiger partial charge in [-0.3, -0.25) is 4.68 Å². The summed E-state index contributed by atoms with van der Waals surface area (Å²) < 4.78 is 27.5. The van der Waals surface area contributed by atoms with E-state index < -0.39 is 10.0 Å². The Labute approximate surface area is 115 Å². The summed E-state index contributed by atoms with van der Waals surface area (Å²) >= 11 is 0. The molecule has 0 fully saturated rings. The van der Waals surface area contributed by atoms with E-state index in [0.717, 1.165) is 19.4 Å². The van der Waals surface area contributed by atoms with Crippen LogP contribution < -0.4 is 5.32 Å². The summed E-state index contributed by atoms with van der Waals surface area (Å²) in [6, 6.07) is 0. The van der Waals surface area contributed by atoms with Crippen molar-refractivity contribution >= 4 is 10.0 Å². The van der Waals surface area contributed by atoms with E-state index in [-0.39, 0.29) is 4.90 Å². The normalized spacial score (nSPS) is 11.9. The number of hydrogen-bond acceptors (Lipinski definition) is 4. The summed E-state index contributed by atoms with van der Waals surface area (Å²) in [6.07, 6.45) is 6.33. The smallest absolute Gasteiger partial charge is 0.245 e. The van der Waals surface area contributed by atoms with Gasteiger partial charge in [-0.1, -0.05) is 6.08 Å². The number of nitrogens with one attached hydrogen (secondary N) is 1. The van der Waals surface area contributed by atoms with Gasteiger partial charge >= 0.3 is 0 Å². The molecule has 7 heteroatoms. The van der Waals surface area contributed by atoms with Crippen LogP contribution in [-0.4, -0.2) is 49.7 Å². The first-order valence-electron chi connectivity index (χ1n) is 6.26. The number of allylic oxidation sites excluding steroid dienone is 1. The van der Waals surface area contributed by atoms with Crippen LogP contribution in [0.1, 0.15) is 12.8 Å². The second kappa shape index (κ2) is 7.42. The highest BCUT2D eigenvalue weighted by atomic mass is 32.2. The number of sulfonamides is 1. The van der Waals surface area contributed by atoms with E-state index in [1.165, 1.54) is 10.5 Å². The second-order valence-electron chi connectivity index (χ2n) is 4.30. The zero-order valence-corrected chi connectivity index (χ0v) is 12.4. The lowest BCUT2D eigenvalue weighted by Crippen LogP contribution is -2.27. The van der Waals surface area contributed by atoms with Gasteiger partial charge in [0.05, 0.1) is 12.7 Å². The van der Waals surface area contributed by atoms with Crippen molar-refractivity contribution in [2.45, 2.75) is 24.3 Å². The molecule has 19 heavy (non-hydrogen) atoms. The summed E-state index contributed by atoms with van der Waals surface area (Å²) in [5.41, 5.74) is 0. The van der Waals surface area contributed by atoms with Crippen LogP contribution in [0.15, 0.2) is 29.9 Å². The van der Waals surface area contributed by atoms with Gasteiger partial charge in [0.1, 0.15) is 4.90 Å². The molecular formula is C12H22N4O2S. The SMILES string of the molecule is C=CCCCN(C)S(=O)(=O)c1cnn(CCNC)c1. The van der Waals surface area contributed by atoms with Crippen LogP contribution in [0, 0.1) is 0 Å². The molecule has 1 rings (SSSR count). The standard InChI is InChI=1S/C12H22N4O2S/c1-4-5-6-8-15(3)19(17,18)12-10-14-16(11-12)9-7-13-2/h4,10-11,13H,1,5-9H2,2-3H3. The number of rotatable bonds is 9. The third-order valence-electron chi connectivity index (χ3n) is 2.79. The van der Waals surface area contributed by atoms with Gasteiger partial charge in [0.15, 0.2) is 0 Å². The third kappa shape index (κ3) is 4.45. The molecule has 0 bridgehead atoms. The van der Waals surface area contributed by atoms with Crippen molar-refractivity contribution < 1.29 is 8.42 Å². The Hall–Kier alpha value is -1.18. The molecular weight excluding hydrogens is 264 g/mol. The summed E-state index contributed by atoms with van der Waals surface area (Å²) in [7, 11) is 0.000116. The molecule has 0 saturated heterocycles. The summed E-state index contributed by atoms with van der Waals surface area (Å²) in [5.74, 6) is 0. The lowest BCUT2D eigenvalue weighted by atomic mass is 10.3. The Morgan fingerprint density at radius 2 is 2.32 bits per heavy atom. The van der Waals surface area contributed by atoms with Gasteiger partial charge in [0.25, 0.3) is 0 Å². The van der Waals surface area contributed by atoms with Crippen molar-refractivity contribution in [1.82, 2.24) is 19.4 Å². The molecule has 1 aromatic rings. The zero-order chi connectivity index (χ0) is 14.3. The Kier molecular flexibility index (Phi) is 6.20. The van der Waals surface area contributed by atoms with E-state index in [0.29, 0.717) is 13.1 Å². The third-order valence-corrected chi connectivity index (χ3v) is 4.60. The molecule has 0 radical (unpaired) electrons. The molecule has 0 atom stereocenters. The van der Waals surface area contributed by atoms with Crippen molar-refractivity contribution in [2.75, 3.05) is 27.2 Å². The zero-order valence-electron chi connectivity index (χ0n) is 11.5. The molecule has 0 aliphatic carbocycles. The fourth-order valence-corrected chi connectivity index (χ4v) is 2.75. The van der Waals surface area contributed by atoms with E-state index in [2.05, 4.69) is 17.0 Å². The minimum atomic E-state index is -3.43. The minimum absolute atomic E-state index is 0.240. The fourth-order valence-electron chi connectivity index (χ4n) is 1.58. The van der Waals surface area contributed by atoms with Crippen molar-refractivity contribution in [1.29, 1.82) is 0 Å². The lowest BCUT2D eigenvalue weighted by molar-refractivity contribution is 0.462. The highest BCUT2D eigenvalue weighted by molar-refractivity contribution is 7.89. The molecule has 0 amide bonds. The predicted octanol–water partition coefficient (Wildman–Crippen LogP) is 0.689. The average molecular weight is 286 g/mol. The van der Waals surface area contributed by atoms with Gasteiger partial charge in [-0.2, -0.15) is 5.10 Å². The second-order valence-corrected chi connectivity index (χ2v) is 6.35. The molecule has 0 spiro atoms. The van der Waals surface area contributed by atoms with Crippen molar-refractivity contribution in [2.24, 2.45) is 0 Å². The largest absolute Gasteiger partial charge is 0.318 e. The summed E-state index contributed by atoms with van der Waals surface area (Å²) in [4.78, 5) is 0.240. The van der Waals surface area contributed by atoms with Crippen LogP contribution in [0.5, 0.6) is 0 Å². The average Bonchev–Trinajstić information content (AvgIpc) is 2.85. The molecule has 1 N–H and O–H groups in total. The van der Waals surface area contributed by atoms with Crippen molar-refractivity contribution in [3.63, 3.8) is 0 Å². The quantitative estimate of drug-likeness (QED) is 0.536. The predicted molar refractivity (Wildman–Crippen MR) is 75.4 cm³/mol. The van der Waals surface area contributed by atoms with Crippen LogP contribution in [0.3, 0.4) is 0 Å². The summed E-state index contributed by atoms with van der Waals surface area (Å²) in [6.45, 7) is 5.50. The molecule has 1 heterocycles. The van der Waals surface area contributed by atoms with E-state index >= 15 is 0 Å². The maximum atomic E-state index is 12.2. The Bertz CT molecular complexity index is 496. The van der Waals surface area contributed by atoms with E-state index in [1.807, 2.05) is 7.05 Å². The van der Waals surface area contributed by atoms with Crippen LogP contribution >= 0.6 is 0 Å². The topological polar surface area (TPSA) is 67.2 Å². The number of aromatic nitrogens is 2. The van der Waals surface area contributed by atoms with Crippen LogP contribution in [-0.2, 0) is 16.6 Å². The molecule has 1 aromatic heterocycles. The summed E-state index contributed by atoms with van der Waals surface area (Å²) in [5, 5.41) is 7.04. The van der Waals surface area contributed by atoms with Crippen molar-refractivity contribution in [3.05, 3.63) is 25.0 Å². The molecule has 0 unspecified atom stereocenters. The maximum absolute atomic E-state index is 12.2. The first kappa shape index (κ1) is 15.9. The number of unbranched alkanes of at least 4 members (excludes halogenated alkanes) is 1. The maximum Gasteiger partial charge on any atom is 0.245 e. The Morgan fingerprint density at radius 3 is 2.95 bits per heavy atom. The monoisotopic (exact) mass is 286 g/mol. The van der Waals surface area contributed by atoms with E-state index in [9.17, 15) is 8.42 Å².